The Morgan fingerprint density at radius 1 is 0.905 bits per heavy atom. The van der Waals surface area contributed by atoms with E-state index in [9.17, 15) is 0 Å². The van der Waals surface area contributed by atoms with Crippen LogP contribution in [0.3, 0.4) is 0 Å². The molecule has 0 amide bonds. The molecule has 0 aliphatic carbocycles. The zero-order valence-electron chi connectivity index (χ0n) is 12.5. The second-order valence-electron chi connectivity index (χ2n) is 4.73. The third kappa shape index (κ3) is 4.50. The Labute approximate surface area is 135 Å². The molecule has 1 atom stereocenters. The van der Waals surface area contributed by atoms with Crippen LogP contribution < -0.4 is 9.47 Å². The highest BCUT2D eigenvalue weighted by atomic mass is 79.9. The summed E-state index contributed by atoms with van der Waals surface area (Å²) in [5.74, 6) is 1.62. The first-order valence-electron chi connectivity index (χ1n) is 7.32. The minimum atomic E-state index is 0.259. The molecule has 0 spiro atoms. The Balaban J connectivity index is 2.17. The lowest BCUT2D eigenvalue weighted by Gasteiger charge is -2.15. The van der Waals surface area contributed by atoms with Gasteiger partial charge >= 0.3 is 0 Å². The van der Waals surface area contributed by atoms with Crippen LogP contribution in [0.5, 0.6) is 11.5 Å². The number of hydrogen-bond acceptors (Lipinski definition) is 2. The number of benzene rings is 2. The number of rotatable bonds is 7. The van der Waals surface area contributed by atoms with E-state index in [-0.39, 0.29) is 4.83 Å². The smallest absolute Gasteiger partial charge is 0.161 e. The molecule has 2 nitrogen and oxygen atoms in total. The van der Waals surface area contributed by atoms with Gasteiger partial charge in [0.1, 0.15) is 0 Å². The van der Waals surface area contributed by atoms with Crippen molar-refractivity contribution in [1.29, 1.82) is 0 Å². The molecule has 3 heteroatoms. The maximum Gasteiger partial charge on any atom is 0.161 e. The molecule has 0 aliphatic rings. The highest BCUT2D eigenvalue weighted by Gasteiger charge is 2.12. The van der Waals surface area contributed by atoms with Gasteiger partial charge in [-0.3, -0.25) is 0 Å². The molecule has 0 N–H and O–H groups in total. The maximum absolute atomic E-state index is 5.68. The van der Waals surface area contributed by atoms with Gasteiger partial charge in [0.05, 0.1) is 13.2 Å². The van der Waals surface area contributed by atoms with Crippen molar-refractivity contribution in [2.45, 2.75) is 25.1 Å². The van der Waals surface area contributed by atoms with Crippen LogP contribution in [0.15, 0.2) is 48.5 Å². The predicted molar refractivity (Wildman–Crippen MR) is 90.6 cm³/mol. The number of ether oxygens (including phenoxy) is 2. The van der Waals surface area contributed by atoms with Gasteiger partial charge in [0.15, 0.2) is 11.5 Å². The summed E-state index contributed by atoms with van der Waals surface area (Å²) in [6.07, 6.45) is 0.945. The van der Waals surface area contributed by atoms with Crippen molar-refractivity contribution in [2.24, 2.45) is 0 Å². The quantitative estimate of drug-likeness (QED) is 0.643. The van der Waals surface area contributed by atoms with E-state index in [0.29, 0.717) is 13.2 Å². The molecule has 1 unspecified atom stereocenters. The van der Waals surface area contributed by atoms with E-state index >= 15 is 0 Å². The largest absolute Gasteiger partial charge is 0.490 e. The minimum Gasteiger partial charge on any atom is -0.490 e. The molecule has 0 radical (unpaired) electrons. The van der Waals surface area contributed by atoms with Gasteiger partial charge in [-0.15, -0.1) is 0 Å². The number of hydrogen-bond donors (Lipinski definition) is 0. The molecular weight excluding hydrogens is 328 g/mol. The maximum atomic E-state index is 5.68. The summed E-state index contributed by atoms with van der Waals surface area (Å²) in [5, 5.41) is 0. The van der Waals surface area contributed by atoms with Crippen LogP contribution in [-0.2, 0) is 6.42 Å². The average molecular weight is 349 g/mol. The van der Waals surface area contributed by atoms with Gasteiger partial charge in [0.2, 0.25) is 0 Å². The Morgan fingerprint density at radius 2 is 1.57 bits per heavy atom. The Hall–Kier alpha value is -1.48. The van der Waals surface area contributed by atoms with E-state index < -0.39 is 0 Å². The predicted octanol–water partition coefficient (Wildman–Crippen LogP) is 5.16. The molecule has 0 bridgehead atoms. The first kappa shape index (κ1) is 15.9. The van der Waals surface area contributed by atoms with E-state index in [1.165, 1.54) is 11.1 Å². The Morgan fingerprint density at radius 3 is 2.24 bits per heavy atom. The summed E-state index contributed by atoms with van der Waals surface area (Å²) in [5.41, 5.74) is 2.51. The second kappa shape index (κ2) is 8.08. The SMILES string of the molecule is CCOc1ccc(C(Br)Cc2ccccc2)cc1OCC. The Bertz CT molecular complexity index is 554. The van der Waals surface area contributed by atoms with Crippen LogP contribution in [0.4, 0.5) is 0 Å². The highest BCUT2D eigenvalue weighted by Crippen LogP contribution is 2.34. The molecule has 0 saturated carbocycles. The van der Waals surface area contributed by atoms with Gasteiger partial charge in [-0.05, 0) is 43.5 Å². The molecule has 0 heterocycles. The summed E-state index contributed by atoms with van der Waals surface area (Å²) in [4.78, 5) is 0.259. The summed E-state index contributed by atoms with van der Waals surface area (Å²) in [6.45, 7) is 5.24. The van der Waals surface area contributed by atoms with E-state index in [1.807, 2.05) is 26.0 Å². The van der Waals surface area contributed by atoms with E-state index in [4.69, 9.17) is 9.47 Å². The van der Waals surface area contributed by atoms with Crippen molar-refractivity contribution in [3.63, 3.8) is 0 Å². The minimum absolute atomic E-state index is 0.259. The van der Waals surface area contributed by atoms with Gasteiger partial charge in [-0.25, -0.2) is 0 Å². The fourth-order valence-corrected chi connectivity index (χ4v) is 2.86. The highest BCUT2D eigenvalue weighted by molar-refractivity contribution is 9.09. The van der Waals surface area contributed by atoms with Gasteiger partial charge in [0, 0.05) is 4.83 Å². The van der Waals surface area contributed by atoms with E-state index in [0.717, 1.165) is 17.9 Å². The standard InChI is InChI=1S/C18H21BrO2/c1-3-20-17-11-10-15(13-18(17)21-4-2)16(19)12-14-8-6-5-7-9-14/h5-11,13,16H,3-4,12H2,1-2H3. The lowest BCUT2D eigenvalue weighted by atomic mass is 10.0. The van der Waals surface area contributed by atoms with Crippen molar-refractivity contribution in [2.75, 3.05) is 13.2 Å². The summed E-state index contributed by atoms with van der Waals surface area (Å²) in [6, 6.07) is 16.6. The molecule has 2 aromatic carbocycles. The average Bonchev–Trinajstić information content (AvgIpc) is 2.50. The molecular formula is C18H21BrO2. The van der Waals surface area contributed by atoms with Crippen LogP contribution in [0, 0.1) is 0 Å². The zero-order valence-corrected chi connectivity index (χ0v) is 14.1. The van der Waals surface area contributed by atoms with Crippen LogP contribution in [0.25, 0.3) is 0 Å². The van der Waals surface area contributed by atoms with Crippen LogP contribution in [0.1, 0.15) is 29.8 Å². The van der Waals surface area contributed by atoms with Crippen molar-refractivity contribution in [3.8, 4) is 11.5 Å². The monoisotopic (exact) mass is 348 g/mol. The first-order valence-corrected chi connectivity index (χ1v) is 8.23. The molecule has 112 valence electrons. The summed E-state index contributed by atoms with van der Waals surface area (Å²) >= 11 is 3.78. The van der Waals surface area contributed by atoms with Gasteiger partial charge in [-0.2, -0.15) is 0 Å². The van der Waals surface area contributed by atoms with Gasteiger partial charge in [0.25, 0.3) is 0 Å². The second-order valence-corrected chi connectivity index (χ2v) is 5.83. The zero-order chi connectivity index (χ0) is 15.1. The fraction of sp³-hybridized carbons (Fsp3) is 0.333. The Kier molecular flexibility index (Phi) is 6.12. The normalized spacial score (nSPS) is 12.0. The lowest BCUT2D eigenvalue weighted by molar-refractivity contribution is 0.287. The molecule has 2 rings (SSSR count). The fourth-order valence-electron chi connectivity index (χ4n) is 2.20. The molecule has 21 heavy (non-hydrogen) atoms. The number of alkyl halides is 1. The van der Waals surface area contributed by atoms with Crippen molar-refractivity contribution >= 4 is 15.9 Å². The van der Waals surface area contributed by atoms with Crippen molar-refractivity contribution in [3.05, 3.63) is 59.7 Å². The first-order chi connectivity index (χ1) is 10.2. The molecule has 0 fully saturated rings. The summed E-state index contributed by atoms with van der Waals surface area (Å²) < 4.78 is 11.3. The summed E-state index contributed by atoms with van der Waals surface area (Å²) in [7, 11) is 0. The third-order valence-corrected chi connectivity index (χ3v) is 4.04. The molecule has 0 aromatic heterocycles. The van der Waals surface area contributed by atoms with Crippen LogP contribution >= 0.6 is 15.9 Å². The number of halogens is 1. The van der Waals surface area contributed by atoms with Gasteiger partial charge < -0.3 is 9.47 Å². The third-order valence-electron chi connectivity index (χ3n) is 3.19. The molecule has 0 saturated heterocycles. The topological polar surface area (TPSA) is 18.5 Å². The lowest BCUT2D eigenvalue weighted by Crippen LogP contribution is -2.01. The van der Waals surface area contributed by atoms with Gasteiger partial charge in [-0.1, -0.05) is 52.3 Å². The van der Waals surface area contributed by atoms with E-state index in [1.54, 1.807) is 0 Å². The van der Waals surface area contributed by atoms with Crippen LogP contribution in [0.2, 0.25) is 0 Å². The molecule has 0 aliphatic heterocycles. The van der Waals surface area contributed by atoms with Crippen LogP contribution in [-0.4, -0.2) is 13.2 Å². The van der Waals surface area contributed by atoms with E-state index in [2.05, 4.69) is 52.3 Å². The van der Waals surface area contributed by atoms with Crippen molar-refractivity contribution in [1.82, 2.24) is 0 Å². The molecule has 2 aromatic rings. The van der Waals surface area contributed by atoms with Crippen molar-refractivity contribution < 1.29 is 9.47 Å².